The van der Waals surface area contributed by atoms with Crippen LogP contribution in [0, 0.1) is 0 Å². The molecule has 7 nitrogen and oxygen atoms in total. The Morgan fingerprint density at radius 3 is 2.08 bits per heavy atom. The molecule has 0 radical (unpaired) electrons. The van der Waals surface area contributed by atoms with Crippen LogP contribution >= 0.6 is 0 Å². The van der Waals surface area contributed by atoms with Crippen LogP contribution < -0.4 is 0 Å². The van der Waals surface area contributed by atoms with Crippen LogP contribution in [0.5, 0.6) is 0 Å². The molecule has 0 spiro atoms. The minimum atomic E-state index is -1.30. The monoisotopic (exact) mass is 376 g/mol. The predicted molar refractivity (Wildman–Crippen MR) is 96.5 cm³/mol. The highest BCUT2D eigenvalue weighted by molar-refractivity contribution is 5.69. The van der Waals surface area contributed by atoms with E-state index in [0.717, 1.165) is 19.3 Å². The molecule has 1 heterocycles. The van der Waals surface area contributed by atoms with Gasteiger partial charge in [-0.2, -0.15) is 0 Å². The quantitative estimate of drug-likeness (QED) is 0.333. The number of methoxy groups -OCH3 is 1. The van der Waals surface area contributed by atoms with E-state index in [1.54, 1.807) is 0 Å². The number of hydrogen-bond donors (Lipinski definition) is 3. The summed E-state index contributed by atoms with van der Waals surface area (Å²) in [6.07, 6.45) is 4.80. The summed E-state index contributed by atoms with van der Waals surface area (Å²) < 4.78 is 15.4. The lowest BCUT2D eigenvalue weighted by atomic mass is 9.99. The normalized spacial score (nSPS) is 28.9. The summed E-state index contributed by atoms with van der Waals surface area (Å²) in [7, 11) is 1.33. The van der Waals surface area contributed by atoms with Gasteiger partial charge in [-0.3, -0.25) is 4.79 Å². The Morgan fingerprint density at radius 2 is 1.54 bits per heavy atom. The van der Waals surface area contributed by atoms with Gasteiger partial charge >= 0.3 is 5.97 Å². The van der Waals surface area contributed by atoms with E-state index in [2.05, 4.69) is 6.92 Å². The highest BCUT2D eigenvalue weighted by Crippen LogP contribution is 2.24. The number of carbonyl (C=O) groups is 1. The third kappa shape index (κ3) is 7.88. The second kappa shape index (κ2) is 13.4. The predicted octanol–water partition coefficient (Wildman–Crippen LogP) is 1.90. The largest absolute Gasteiger partial charge is 0.456 e. The van der Waals surface area contributed by atoms with Crippen LogP contribution in [0.4, 0.5) is 0 Å². The van der Waals surface area contributed by atoms with Crippen LogP contribution in [-0.4, -0.2) is 65.7 Å². The summed E-state index contributed by atoms with van der Waals surface area (Å²) in [6.45, 7) is 1.75. The van der Waals surface area contributed by atoms with Crippen molar-refractivity contribution in [2.24, 2.45) is 0 Å². The maximum Gasteiger partial charge on any atom is 0.306 e. The average molecular weight is 376 g/mol. The van der Waals surface area contributed by atoms with Gasteiger partial charge in [0.05, 0.1) is 6.61 Å². The van der Waals surface area contributed by atoms with Gasteiger partial charge in [0.15, 0.2) is 12.4 Å². The molecule has 0 unspecified atom stereocenters. The molecule has 3 N–H and O–H groups in total. The van der Waals surface area contributed by atoms with E-state index in [1.165, 1.54) is 45.6 Å². The molecule has 0 aromatic rings. The van der Waals surface area contributed by atoms with Gasteiger partial charge in [0.1, 0.15) is 18.3 Å². The van der Waals surface area contributed by atoms with Crippen LogP contribution in [0.25, 0.3) is 0 Å². The van der Waals surface area contributed by atoms with E-state index in [4.69, 9.17) is 14.2 Å². The van der Waals surface area contributed by atoms with Gasteiger partial charge in [-0.05, 0) is 6.42 Å². The standard InChI is InChI=1S/C19H36O7/c1-3-4-5-6-7-8-9-10-11-12-15(21)26-18-16(22)14(13-20)25-19(24-2)17(18)23/h14,16-20,22-23H,3-13H2,1-2H3/t14-,16-,17-,18+,19+/m1/s1. The summed E-state index contributed by atoms with van der Waals surface area (Å²) in [5.74, 6) is -0.468. The van der Waals surface area contributed by atoms with Gasteiger partial charge in [0.25, 0.3) is 0 Å². The molecule has 1 saturated heterocycles. The topological polar surface area (TPSA) is 105 Å². The summed E-state index contributed by atoms with van der Waals surface area (Å²) >= 11 is 0. The molecule has 1 fully saturated rings. The second-order valence-corrected chi connectivity index (χ2v) is 6.98. The van der Waals surface area contributed by atoms with Crippen molar-refractivity contribution in [1.82, 2.24) is 0 Å². The first-order valence-electron chi connectivity index (χ1n) is 9.89. The number of aliphatic hydroxyl groups is 3. The lowest BCUT2D eigenvalue weighted by Crippen LogP contribution is -2.60. The van der Waals surface area contributed by atoms with Gasteiger partial charge in [-0.1, -0.05) is 58.3 Å². The highest BCUT2D eigenvalue weighted by Gasteiger charge is 2.46. The van der Waals surface area contributed by atoms with Crippen LogP contribution in [0.3, 0.4) is 0 Å². The molecular weight excluding hydrogens is 340 g/mol. The van der Waals surface area contributed by atoms with Crippen LogP contribution in [0.1, 0.15) is 71.1 Å². The van der Waals surface area contributed by atoms with Gasteiger partial charge in [-0.25, -0.2) is 0 Å². The van der Waals surface area contributed by atoms with E-state index in [-0.39, 0.29) is 6.42 Å². The van der Waals surface area contributed by atoms with Crippen molar-refractivity contribution in [3.8, 4) is 0 Å². The first kappa shape index (κ1) is 23.3. The molecule has 1 aliphatic heterocycles. The Balaban J connectivity index is 2.24. The SMILES string of the molecule is CCCCCCCCCCCC(=O)O[C@@H]1[C@@H](O)[C@@H](OC)O[C@H](CO)[C@H]1O. The van der Waals surface area contributed by atoms with Crippen molar-refractivity contribution in [2.75, 3.05) is 13.7 Å². The van der Waals surface area contributed by atoms with Gasteiger partial charge in [0, 0.05) is 13.5 Å². The van der Waals surface area contributed by atoms with E-state index in [9.17, 15) is 20.1 Å². The first-order valence-corrected chi connectivity index (χ1v) is 9.89. The molecule has 26 heavy (non-hydrogen) atoms. The molecule has 0 aliphatic carbocycles. The number of hydrogen-bond acceptors (Lipinski definition) is 7. The van der Waals surface area contributed by atoms with Gasteiger partial charge in [0.2, 0.25) is 0 Å². The van der Waals surface area contributed by atoms with Crippen molar-refractivity contribution in [3.05, 3.63) is 0 Å². The highest BCUT2D eigenvalue weighted by atomic mass is 16.7. The summed E-state index contributed by atoms with van der Waals surface area (Å²) in [5.41, 5.74) is 0. The van der Waals surface area contributed by atoms with Crippen molar-refractivity contribution < 1.29 is 34.3 Å². The van der Waals surface area contributed by atoms with Gasteiger partial charge < -0.3 is 29.5 Å². The molecule has 0 aromatic heterocycles. The lowest BCUT2D eigenvalue weighted by Gasteiger charge is -2.40. The number of carbonyl (C=O) groups excluding carboxylic acids is 1. The molecule has 154 valence electrons. The second-order valence-electron chi connectivity index (χ2n) is 6.98. The molecule has 0 bridgehead atoms. The Hall–Kier alpha value is -0.730. The number of aliphatic hydroxyl groups excluding tert-OH is 3. The van der Waals surface area contributed by atoms with Crippen molar-refractivity contribution in [2.45, 2.75) is 102 Å². The smallest absolute Gasteiger partial charge is 0.306 e. The Kier molecular flexibility index (Phi) is 12.0. The molecular formula is C19H36O7. The molecule has 0 aromatic carbocycles. The molecule has 0 amide bonds. The zero-order chi connectivity index (χ0) is 19.4. The molecule has 1 rings (SSSR count). The molecule has 5 atom stereocenters. The van der Waals surface area contributed by atoms with Crippen LogP contribution in [-0.2, 0) is 19.0 Å². The van der Waals surface area contributed by atoms with E-state index >= 15 is 0 Å². The fourth-order valence-corrected chi connectivity index (χ4v) is 3.18. The number of ether oxygens (including phenoxy) is 3. The molecule has 7 heteroatoms. The average Bonchev–Trinajstić information content (AvgIpc) is 2.64. The summed E-state index contributed by atoms with van der Waals surface area (Å²) in [4.78, 5) is 12.0. The first-order chi connectivity index (χ1) is 12.5. The maximum atomic E-state index is 12.0. The minimum absolute atomic E-state index is 0.244. The van der Waals surface area contributed by atoms with Crippen LogP contribution in [0.2, 0.25) is 0 Å². The molecule has 0 saturated carbocycles. The van der Waals surface area contributed by atoms with Gasteiger partial charge in [-0.15, -0.1) is 0 Å². The van der Waals surface area contributed by atoms with Crippen molar-refractivity contribution >= 4 is 5.97 Å². The number of esters is 1. The third-order valence-corrected chi connectivity index (χ3v) is 4.81. The van der Waals surface area contributed by atoms with Crippen molar-refractivity contribution in [3.63, 3.8) is 0 Å². The number of unbranched alkanes of at least 4 members (excludes halogenated alkanes) is 8. The van der Waals surface area contributed by atoms with Crippen molar-refractivity contribution in [1.29, 1.82) is 0 Å². The summed E-state index contributed by atoms with van der Waals surface area (Å²) in [6, 6.07) is 0. The minimum Gasteiger partial charge on any atom is -0.456 e. The Morgan fingerprint density at radius 1 is 0.962 bits per heavy atom. The molecule has 1 aliphatic rings. The number of rotatable bonds is 13. The third-order valence-electron chi connectivity index (χ3n) is 4.81. The zero-order valence-electron chi connectivity index (χ0n) is 16.1. The maximum absolute atomic E-state index is 12.0. The van der Waals surface area contributed by atoms with E-state index in [0.29, 0.717) is 0 Å². The summed E-state index contributed by atoms with van der Waals surface area (Å²) in [5, 5.41) is 29.5. The van der Waals surface area contributed by atoms with E-state index in [1.807, 2.05) is 0 Å². The Labute approximate surface area is 156 Å². The fraction of sp³-hybridized carbons (Fsp3) is 0.947. The van der Waals surface area contributed by atoms with E-state index < -0.39 is 43.3 Å². The lowest BCUT2D eigenvalue weighted by molar-refractivity contribution is -0.297. The zero-order valence-corrected chi connectivity index (χ0v) is 16.1. The Bertz CT molecular complexity index is 361. The fourth-order valence-electron chi connectivity index (χ4n) is 3.18. The van der Waals surface area contributed by atoms with Crippen LogP contribution in [0.15, 0.2) is 0 Å².